The lowest BCUT2D eigenvalue weighted by Gasteiger charge is -2.66. The van der Waals surface area contributed by atoms with Crippen LogP contribution in [0.5, 0.6) is 0 Å². The van der Waals surface area contributed by atoms with Gasteiger partial charge in [0.15, 0.2) is 6.29 Å². The van der Waals surface area contributed by atoms with Crippen molar-refractivity contribution >= 4 is 11.9 Å². The number of carbonyl (C=O) groups is 2. The van der Waals surface area contributed by atoms with Crippen molar-refractivity contribution in [2.75, 3.05) is 6.61 Å². The van der Waals surface area contributed by atoms with Gasteiger partial charge in [-0.3, -0.25) is 4.79 Å². The van der Waals surface area contributed by atoms with E-state index in [1.807, 2.05) is 6.07 Å². The Morgan fingerprint density at radius 1 is 1.07 bits per heavy atom. The second-order valence-corrected chi connectivity index (χ2v) is 13.9. The number of hydrogen-bond acceptors (Lipinski definition) is 9. The zero-order valence-electron chi connectivity index (χ0n) is 25.6. The van der Waals surface area contributed by atoms with Crippen molar-refractivity contribution in [3.63, 3.8) is 0 Å². The van der Waals surface area contributed by atoms with E-state index in [4.69, 9.17) is 23.4 Å². The Bertz CT molecular complexity index is 1310. The van der Waals surface area contributed by atoms with Gasteiger partial charge in [0.1, 0.15) is 12.2 Å². The smallest absolute Gasteiger partial charge is 0.333 e. The van der Waals surface area contributed by atoms with Crippen LogP contribution in [0.3, 0.4) is 0 Å². The molecule has 0 aromatic carbocycles. The minimum Gasteiger partial charge on any atom is -0.472 e. The highest BCUT2D eigenvalue weighted by Crippen LogP contribution is 2.72. The average Bonchev–Trinajstić information content (AvgIpc) is 3.64. The van der Waals surface area contributed by atoms with E-state index in [-0.39, 0.29) is 24.2 Å². The summed E-state index contributed by atoms with van der Waals surface area (Å²) in [5.74, 6) is -1.50. The van der Waals surface area contributed by atoms with Gasteiger partial charge in [0, 0.05) is 53.4 Å². The van der Waals surface area contributed by atoms with E-state index < -0.39 is 65.0 Å². The van der Waals surface area contributed by atoms with Crippen LogP contribution in [0, 0.1) is 28.1 Å². The van der Waals surface area contributed by atoms with Gasteiger partial charge < -0.3 is 33.6 Å². The van der Waals surface area contributed by atoms with Gasteiger partial charge in [0.2, 0.25) is 0 Å². The first-order chi connectivity index (χ1) is 19.8. The molecule has 5 unspecified atom stereocenters. The highest BCUT2D eigenvalue weighted by atomic mass is 16.6. The monoisotopic (exact) mass is 584 g/mol. The fraction of sp³-hybridized carbons (Fsp3) is 0.697. The van der Waals surface area contributed by atoms with E-state index in [9.17, 15) is 19.8 Å². The molecule has 12 atom stereocenters. The first-order valence-corrected chi connectivity index (χ1v) is 15.2. The highest BCUT2D eigenvalue weighted by molar-refractivity contribution is 5.87. The predicted octanol–water partition coefficient (Wildman–Crippen LogP) is 4.43. The average molecular weight is 585 g/mol. The number of furan rings is 1. The third-order valence-electron chi connectivity index (χ3n) is 11.9. The molecule has 6 rings (SSSR count). The molecule has 0 bridgehead atoms. The quantitative estimate of drug-likeness (QED) is 0.300. The van der Waals surface area contributed by atoms with Crippen molar-refractivity contribution in [2.24, 2.45) is 28.1 Å². The number of rotatable bonds is 4. The number of aliphatic hydroxyl groups excluding tert-OH is 2. The molecule has 2 saturated heterocycles. The number of carbonyl (C=O) groups excluding carboxylic acids is 2. The predicted molar refractivity (Wildman–Crippen MR) is 151 cm³/mol. The molecule has 5 aliphatic rings. The molecule has 0 spiro atoms. The molecule has 0 amide bonds. The number of aliphatic hydroxyl groups is 2. The maximum absolute atomic E-state index is 13.3. The molecule has 3 heterocycles. The Kier molecular flexibility index (Phi) is 7.08. The third-order valence-corrected chi connectivity index (χ3v) is 11.9. The zero-order valence-corrected chi connectivity index (χ0v) is 25.6. The Morgan fingerprint density at radius 2 is 1.81 bits per heavy atom. The lowest BCUT2D eigenvalue weighted by Crippen LogP contribution is -2.71. The summed E-state index contributed by atoms with van der Waals surface area (Å²) < 4.78 is 30.5. The largest absolute Gasteiger partial charge is 0.472 e. The van der Waals surface area contributed by atoms with Crippen LogP contribution >= 0.6 is 0 Å². The van der Waals surface area contributed by atoms with Gasteiger partial charge in [0.05, 0.1) is 37.4 Å². The Labute approximate surface area is 247 Å². The molecule has 1 aromatic rings. The van der Waals surface area contributed by atoms with Crippen LogP contribution in [0.4, 0.5) is 0 Å². The van der Waals surface area contributed by atoms with Crippen molar-refractivity contribution in [3.8, 4) is 0 Å². The van der Waals surface area contributed by atoms with Gasteiger partial charge in [-0.25, -0.2) is 4.79 Å². The molecule has 4 fully saturated rings. The Hall–Kier alpha value is -2.46. The van der Waals surface area contributed by atoms with Crippen molar-refractivity contribution in [1.29, 1.82) is 0 Å². The SMILES string of the molecule is C/C=C(\C)C(=O)O[C@H]1C[C@@H](OC(C)=O)[C@@]2(C)COC3C2[C@@]1(C)[C@@H]1CC(O)OC2CC(c4ccoc4)C(C)=C2[C@]1(C)[C@@H]3O. The van der Waals surface area contributed by atoms with Gasteiger partial charge in [-0.05, 0) is 50.3 Å². The van der Waals surface area contributed by atoms with E-state index in [1.54, 1.807) is 32.4 Å². The molecule has 0 radical (unpaired) electrons. The van der Waals surface area contributed by atoms with Gasteiger partial charge >= 0.3 is 11.9 Å². The van der Waals surface area contributed by atoms with Crippen molar-refractivity contribution in [1.82, 2.24) is 0 Å². The van der Waals surface area contributed by atoms with E-state index >= 15 is 0 Å². The number of hydrogen-bond donors (Lipinski definition) is 2. The van der Waals surface area contributed by atoms with Crippen LogP contribution in [0.2, 0.25) is 0 Å². The molecule has 2 aliphatic heterocycles. The maximum atomic E-state index is 13.3. The summed E-state index contributed by atoms with van der Waals surface area (Å²) >= 11 is 0. The summed E-state index contributed by atoms with van der Waals surface area (Å²) in [4.78, 5) is 25.6. The van der Waals surface area contributed by atoms with Crippen LogP contribution in [-0.4, -0.2) is 65.6 Å². The highest BCUT2D eigenvalue weighted by Gasteiger charge is 2.76. The Morgan fingerprint density at radius 3 is 2.45 bits per heavy atom. The summed E-state index contributed by atoms with van der Waals surface area (Å²) in [7, 11) is 0. The van der Waals surface area contributed by atoms with Crippen molar-refractivity contribution < 1.29 is 43.2 Å². The molecule has 42 heavy (non-hydrogen) atoms. The second kappa shape index (κ2) is 10.0. The van der Waals surface area contributed by atoms with Gasteiger partial charge in [-0.15, -0.1) is 0 Å². The lowest BCUT2D eigenvalue weighted by molar-refractivity contribution is -0.258. The van der Waals surface area contributed by atoms with E-state index in [2.05, 4.69) is 27.7 Å². The zero-order chi connectivity index (χ0) is 30.4. The van der Waals surface area contributed by atoms with E-state index in [0.29, 0.717) is 25.0 Å². The van der Waals surface area contributed by atoms with Crippen LogP contribution in [0.15, 0.2) is 45.8 Å². The minimum absolute atomic E-state index is 0.0182. The summed E-state index contributed by atoms with van der Waals surface area (Å²) in [6, 6.07) is 1.95. The fourth-order valence-corrected chi connectivity index (χ4v) is 9.92. The molecule has 9 nitrogen and oxygen atoms in total. The normalized spacial score (nSPS) is 46.4. The fourth-order valence-electron chi connectivity index (χ4n) is 9.92. The lowest BCUT2D eigenvalue weighted by atomic mass is 9.39. The first-order valence-electron chi connectivity index (χ1n) is 15.2. The van der Waals surface area contributed by atoms with Crippen LogP contribution < -0.4 is 0 Å². The standard InChI is InChI=1S/C33H44O9/c1-8-16(2)30(37)42-24-13-23(40-18(4)34)31(5)15-39-27-28(31)32(24,6)22-12-25(35)41-21-11-20(19-9-10-38-14-19)17(3)26(21)33(22,7)29(27)36/h8-10,14,20-25,27-29,35-36H,11-13,15H2,1-7H3/b16-8+/t20?,21?,22-,23+,24-,25?,27?,28?,29+,31+,32-,33+/m0/s1. The number of fused-ring (bicyclic) bond motifs is 4. The summed E-state index contributed by atoms with van der Waals surface area (Å²) in [5, 5.41) is 23.8. The minimum atomic E-state index is -1.08. The summed E-state index contributed by atoms with van der Waals surface area (Å²) in [5.41, 5.74) is 1.33. The van der Waals surface area contributed by atoms with Crippen molar-refractivity contribution in [2.45, 2.75) is 110 Å². The third kappa shape index (κ3) is 3.96. The summed E-state index contributed by atoms with van der Waals surface area (Å²) in [6.07, 6.45) is 2.02. The molecule has 3 aliphatic carbocycles. The van der Waals surface area contributed by atoms with Gasteiger partial charge in [-0.2, -0.15) is 0 Å². The van der Waals surface area contributed by atoms with Crippen LogP contribution in [0.25, 0.3) is 0 Å². The summed E-state index contributed by atoms with van der Waals surface area (Å²) in [6.45, 7) is 13.5. The van der Waals surface area contributed by atoms with Gasteiger partial charge in [-0.1, -0.05) is 32.4 Å². The molecule has 2 N–H and O–H groups in total. The van der Waals surface area contributed by atoms with Crippen LogP contribution in [-0.2, 0) is 28.5 Å². The van der Waals surface area contributed by atoms with Crippen LogP contribution in [0.1, 0.15) is 79.2 Å². The topological polar surface area (TPSA) is 125 Å². The molecule has 9 heteroatoms. The number of ether oxygens (including phenoxy) is 4. The number of allylic oxidation sites excluding steroid dienone is 2. The van der Waals surface area contributed by atoms with Gasteiger partial charge in [0.25, 0.3) is 0 Å². The van der Waals surface area contributed by atoms with E-state index in [0.717, 1.165) is 16.7 Å². The molecular formula is C33H44O9. The maximum Gasteiger partial charge on any atom is 0.333 e. The number of esters is 2. The van der Waals surface area contributed by atoms with Crippen molar-refractivity contribution in [3.05, 3.63) is 47.0 Å². The molecular weight excluding hydrogens is 540 g/mol. The molecule has 2 saturated carbocycles. The molecule has 230 valence electrons. The molecule has 1 aromatic heterocycles. The second-order valence-electron chi connectivity index (χ2n) is 13.9. The first kappa shape index (κ1) is 29.6. The Balaban J connectivity index is 1.54. The van der Waals surface area contributed by atoms with E-state index in [1.165, 1.54) is 6.92 Å².